The summed E-state index contributed by atoms with van der Waals surface area (Å²) in [5.74, 6) is 0. The van der Waals surface area contributed by atoms with E-state index in [2.05, 4.69) is 10.3 Å². The van der Waals surface area contributed by atoms with Crippen molar-refractivity contribution in [2.24, 2.45) is 0 Å². The molecule has 17 heavy (non-hydrogen) atoms. The van der Waals surface area contributed by atoms with E-state index in [0.29, 0.717) is 5.02 Å². The Morgan fingerprint density at radius 1 is 1.41 bits per heavy atom. The number of hydrogen-bond donors (Lipinski definition) is 0. The van der Waals surface area contributed by atoms with Crippen LogP contribution in [-0.2, 0) is 11.3 Å². The van der Waals surface area contributed by atoms with Gasteiger partial charge in [-0.1, -0.05) is 22.9 Å². The number of halogens is 1. The summed E-state index contributed by atoms with van der Waals surface area (Å²) in [6.45, 7) is 1.59. The van der Waals surface area contributed by atoms with E-state index in [1.165, 1.54) is 6.42 Å². The normalized spacial score (nSPS) is 20.9. The molecule has 0 amide bonds. The van der Waals surface area contributed by atoms with Crippen LogP contribution >= 0.6 is 11.6 Å². The van der Waals surface area contributed by atoms with Gasteiger partial charge in [0.05, 0.1) is 17.7 Å². The Balaban J connectivity index is 1.89. The van der Waals surface area contributed by atoms with Crippen molar-refractivity contribution in [3.8, 4) is 0 Å². The monoisotopic (exact) mass is 251 g/mol. The minimum absolute atomic E-state index is 0.241. The summed E-state index contributed by atoms with van der Waals surface area (Å²) < 4.78 is 7.56. The van der Waals surface area contributed by atoms with Crippen molar-refractivity contribution in [2.45, 2.75) is 31.9 Å². The van der Waals surface area contributed by atoms with E-state index in [1.54, 1.807) is 0 Å². The van der Waals surface area contributed by atoms with Gasteiger partial charge in [0, 0.05) is 6.61 Å². The summed E-state index contributed by atoms with van der Waals surface area (Å²) in [5.41, 5.74) is 1.75. The summed E-state index contributed by atoms with van der Waals surface area (Å²) in [5, 5.41) is 8.97. The molecule has 1 aromatic carbocycles. The highest BCUT2D eigenvalue weighted by atomic mass is 35.5. The Morgan fingerprint density at radius 2 is 2.35 bits per heavy atom. The number of fused-ring (bicyclic) bond motifs is 1. The zero-order valence-corrected chi connectivity index (χ0v) is 10.2. The van der Waals surface area contributed by atoms with Crippen LogP contribution in [0.25, 0.3) is 11.0 Å². The molecule has 3 rings (SSSR count). The fraction of sp³-hybridized carbons (Fsp3) is 0.500. The Bertz CT molecular complexity index is 519. The Morgan fingerprint density at radius 3 is 3.18 bits per heavy atom. The van der Waals surface area contributed by atoms with Gasteiger partial charge >= 0.3 is 0 Å². The molecule has 90 valence electrons. The average molecular weight is 252 g/mol. The van der Waals surface area contributed by atoms with E-state index < -0.39 is 0 Å². The Labute approximate surface area is 105 Å². The van der Waals surface area contributed by atoms with Crippen molar-refractivity contribution in [3.63, 3.8) is 0 Å². The first-order valence-electron chi connectivity index (χ1n) is 5.94. The van der Waals surface area contributed by atoms with Gasteiger partial charge in [-0.3, -0.25) is 0 Å². The first kappa shape index (κ1) is 11.0. The van der Waals surface area contributed by atoms with Crippen LogP contribution in [0.4, 0.5) is 0 Å². The molecule has 1 aromatic heterocycles. The van der Waals surface area contributed by atoms with Crippen LogP contribution in [0.15, 0.2) is 18.2 Å². The summed E-state index contributed by atoms with van der Waals surface area (Å²) >= 11 is 6.18. The minimum Gasteiger partial charge on any atom is -0.376 e. The number of hydrogen-bond acceptors (Lipinski definition) is 3. The lowest BCUT2D eigenvalue weighted by molar-refractivity contribution is 0.00443. The fourth-order valence-corrected chi connectivity index (χ4v) is 2.53. The summed E-state index contributed by atoms with van der Waals surface area (Å²) in [7, 11) is 0. The van der Waals surface area contributed by atoms with Gasteiger partial charge in [-0.15, -0.1) is 5.10 Å². The highest BCUT2D eigenvalue weighted by molar-refractivity contribution is 6.34. The molecule has 1 unspecified atom stereocenters. The lowest BCUT2D eigenvalue weighted by Crippen LogP contribution is -2.25. The number of aromatic nitrogens is 3. The van der Waals surface area contributed by atoms with E-state index in [1.807, 2.05) is 22.9 Å². The smallest absolute Gasteiger partial charge is 0.114 e. The molecule has 5 heteroatoms. The predicted octanol–water partition coefficient (Wildman–Crippen LogP) is 2.65. The molecule has 1 saturated heterocycles. The van der Waals surface area contributed by atoms with Crippen LogP contribution < -0.4 is 0 Å². The summed E-state index contributed by atoms with van der Waals surface area (Å²) in [6.07, 6.45) is 3.72. The van der Waals surface area contributed by atoms with Crippen molar-refractivity contribution >= 4 is 22.6 Å². The van der Waals surface area contributed by atoms with Gasteiger partial charge < -0.3 is 4.74 Å². The van der Waals surface area contributed by atoms with E-state index >= 15 is 0 Å². The van der Waals surface area contributed by atoms with Gasteiger partial charge in [0.2, 0.25) is 0 Å². The van der Waals surface area contributed by atoms with Gasteiger partial charge in [-0.25, -0.2) is 4.68 Å². The molecule has 0 saturated carbocycles. The Kier molecular flexibility index (Phi) is 2.99. The van der Waals surface area contributed by atoms with E-state index in [0.717, 1.165) is 37.0 Å². The number of para-hydroxylation sites is 1. The van der Waals surface area contributed by atoms with Crippen molar-refractivity contribution in [1.29, 1.82) is 0 Å². The van der Waals surface area contributed by atoms with Gasteiger partial charge in [0.1, 0.15) is 11.0 Å². The standard InChI is InChI=1S/C12H14ClN3O/c13-10-5-3-6-11-12(10)16(15-14-11)8-9-4-1-2-7-17-9/h3,5-6,9H,1-2,4,7-8H2. The molecule has 2 aromatic rings. The zero-order valence-electron chi connectivity index (χ0n) is 9.47. The van der Waals surface area contributed by atoms with Crippen molar-refractivity contribution in [1.82, 2.24) is 15.0 Å². The second kappa shape index (κ2) is 4.63. The third-order valence-electron chi connectivity index (χ3n) is 3.13. The number of benzene rings is 1. The third-order valence-corrected chi connectivity index (χ3v) is 3.44. The molecule has 0 spiro atoms. The number of ether oxygens (including phenoxy) is 1. The van der Waals surface area contributed by atoms with Crippen LogP contribution in [0.2, 0.25) is 5.02 Å². The molecule has 1 aliphatic heterocycles. The highest BCUT2D eigenvalue weighted by Crippen LogP contribution is 2.23. The molecule has 0 radical (unpaired) electrons. The SMILES string of the molecule is Clc1cccc2nnn(CC3CCCCO3)c12. The second-order valence-corrected chi connectivity index (χ2v) is 4.77. The van der Waals surface area contributed by atoms with Crippen LogP contribution in [0.1, 0.15) is 19.3 Å². The minimum atomic E-state index is 0.241. The van der Waals surface area contributed by atoms with Crippen LogP contribution in [-0.4, -0.2) is 27.7 Å². The maximum atomic E-state index is 6.18. The van der Waals surface area contributed by atoms with Crippen LogP contribution in [0.5, 0.6) is 0 Å². The first-order valence-corrected chi connectivity index (χ1v) is 6.32. The molecule has 2 heterocycles. The average Bonchev–Trinajstić information content (AvgIpc) is 2.75. The molecule has 1 fully saturated rings. The van der Waals surface area contributed by atoms with Crippen molar-refractivity contribution in [3.05, 3.63) is 23.2 Å². The molecule has 4 nitrogen and oxygen atoms in total. The largest absolute Gasteiger partial charge is 0.376 e. The van der Waals surface area contributed by atoms with Crippen molar-refractivity contribution < 1.29 is 4.74 Å². The lowest BCUT2D eigenvalue weighted by Gasteiger charge is -2.22. The number of rotatable bonds is 2. The van der Waals surface area contributed by atoms with Crippen LogP contribution in [0, 0.1) is 0 Å². The lowest BCUT2D eigenvalue weighted by atomic mass is 10.1. The van der Waals surface area contributed by atoms with Crippen LogP contribution in [0.3, 0.4) is 0 Å². The van der Waals surface area contributed by atoms with Gasteiger partial charge in [-0.2, -0.15) is 0 Å². The maximum absolute atomic E-state index is 6.18. The summed E-state index contributed by atoms with van der Waals surface area (Å²) in [6, 6.07) is 5.68. The molecule has 1 atom stereocenters. The summed E-state index contributed by atoms with van der Waals surface area (Å²) in [4.78, 5) is 0. The Hall–Kier alpha value is -1.13. The van der Waals surface area contributed by atoms with Crippen molar-refractivity contribution in [2.75, 3.05) is 6.61 Å². The van der Waals surface area contributed by atoms with Gasteiger partial charge in [-0.05, 0) is 31.4 Å². The second-order valence-electron chi connectivity index (χ2n) is 4.37. The zero-order chi connectivity index (χ0) is 11.7. The molecule has 0 aliphatic carbocycles. The molecular weight excluding hydrogens is 238 g/mol. The number of nitrogens with zero attached hydrogens (tertiary/aromatic N) is 3. The predicted molar refractivity (Wildman–Crippen MR) is 66.1 cm³/mol. The first-order chi connectivity index (χ1) is 8.34. The molecule has 0 bridgehead atoms. The van der Waals surface area contributed by atoms with E-state index in [4.69, 9.17) is 16.3 Å². The third kappa shape index (κ3) is 2.15. The van der Waals surface area contributed by atoms with Gasteiger partial charge in [0.25, 0.3) is 0 Å². The van der Waals surface area contributed by atoms with E-state index in [9.17, 15) is 0 Å². The molecular formula is C12H14ClN3O. The molecule has 1 aliphatic rings. The fourth-order valence-electron chi connectivity index (χ4n) is 2.26. The quantitative estimate of drug-likeness (QED) is 0.824. The van der Waals surface area contributed by atoms with E-state index in [-0.39, 0.29) is 6.10 Å². The highest BCUT2D eigenvalue weighted by Gasteiger charge is 2.17. The van der Waals surface area contributed by atoms with Gasteiger partial charge in [0.15, 0.2) is 0 Å². The molecule has 0 N–H and O–H groups in total. The maximum Gasteiger partial charge on any atom is 0.114 e. The topological polar surface area (TPSA) is 39.9 Å².